The summed E-state index contributed by atoms with van der Waals surface area (Å²) in [6, 6.07) is 11.3. The number of rotatable bonds is 3. The number of allylic oxidation sites excluding steroid dienone is 2. The standard InChI is InChI=1S/C27H30ClF/c1-16-25(17(2)27(5,6)15-26(16,3)4)23-13-19(9-11-21(23)18-7-8-18)22-12-10-20(28)14-24(22)29/h9-14,18,25H,1-2,7-8,15H2,3-6H3. The van der Waals surface area contributed by atoms with Gasteiger partial charge in [-0.1, -0.05) is 75.7 Å². The van der Waals surface area contributed by atoms with Crippen molar-refractivity contribution in [2.45, 2.75) is 58.8 Å². The Hall–Kier alpha value is -1.86. The van der Waals surface area contributed by atoms with Gasteiger partial charge in [-0.3, -0.25) is 0 Å². The first kappa shape index (κ1) is 20.4. The van der Waals surface area contributed by atoms with Gasteiger partial charge in [0.15, 0.2) is 0 Å². The second kappa shape index (κ2) is 6.84. The predicted octanol–water partition coefficient (Wildman–Crippen LogP) is 8.68. The Bertz CT molecular complexity index is 981. The third-order valence-corrected chi connectivity index (χ3v) is 7.21. The maximum absolute atomic E-state index is 14.7. The predicted molar refractivity (Wildman–Crippen MR) is 122 cm³/mol. The van der Waals surface area contributed by atoms with Gasteiger partial charge in [0.1, 0.15) is 5.82 Å². The van der Waals surface area contributed by atoms with Gasteiger partial charge in [0, 0.05) is 16.5 Å². The Morgan fingerprint density at radius 3 is 2.07 bits per heavy atom. The Kier molecular flexibility index (Phi) is 4.82. The lowest BCUT2D eigenvalue weighted by Crippen LogP contribution is -2.37. The maximum atomic E-state index is 14.7. The molecule has 2 heteroatoms. The first-order chi connectivity index (χ1) is 13.5. The molecule has 0 radical (unpaired) electrons. The van der Waals surface area contributed by atoms with Crippen molar-refractivity contribution < 1.29 is 4.39 Å². The van der Waals surface area contributed by atoms with Gasteiger partial charge in [-0.15, -0.1) is 0 Å². The van der Waals surface area contributed by atoms with Crippen LogP contribution >= 0.6 is 11.6 Å². The van der Waals surface area contributed by atoms with Crippen LogP contribution in [0.15, 0.2) is 60.7 Å². The zero-order valence-corrected chi connectivity index (χ0v) is 18.7. The molecule has 0 atom stereocenters. The summed E-state index contributed by atoms with van der Waals surface area (Å²) in [5.41, 5.74) is 6.60. The lowest BCUT2D eigenvalue weighted by molar-refractivity contribution is 0.219. The highest BCUT2D eigenvalue weighted by atomic mass is 35.5. The van der Waals surface area contributed by atoms with E-state index in [0.717, 1.165) is 12.0 Å². The van der Waals surface area contributed by atoms with Crippen molar-refractivity contribution in [3.8, 4) is 11.1 Å². The van der Waals surface area contributed by atoms with E-state index in [9.17, 15) is 4.39 Å². The Labute approximate surface area is 179 Å². The molecule has 0 heterocycles. The van der Waals surface area contributed by atoms with Gasteiger partial charge in [-0.25, -0.2) is 4.39 Å². The van der Waals surface area contributed by atoms with E-state index in [2.05, 4.69) is 53.0 Å². The summed E-state index contributed by atoms with van der Waals surface area (Å²) in [4.78, 5) is 0. The summed E-state index contributed by atoms with van der Waals surface area (Å²) in [5, 5.41) is 0.415. The molecule has 0 saturated heterocycles. The summed E-state index contributed by atoms with van der Waals surface area (Å²) in [6.07, 6.45) is 3.48. The largest absolute Gasteiger partial charge is 0.206 e. The van der Waals surface area contributed by atoms with Gasteiger partial charge in [-0.05, 0) is 77.0 Å². The van der Waals surface area contributed by atoms with Gasteiger partial charge < -0.3 is 0 Å². The fourth-order valence-electron chi connectivity index (χ4n) is 5.18. The highest BCUT2D eigenvalue weighted by molar-refractivity contribution is 6.30. The minimum Gasteiger partial charge on any atom is -0.206 e. The normalized spacial score (nSPS) is 21.4. The molecule has 152 valence electrons. The number of hydrogen-bond donors (Lipinski definition) is 0. The lowest BCUT2D eigenvalue weighted by Gasteiger charge is -2.49. The average molecular weight is 409 g/mol. The van der Waals surface area contributed by atoms with Gasteiger partial charge in [0.25, 0.3) is 0 Å². The van der Waals surface area contributed by atoms with Crippen LogP contribution in [-0.2, 0) is 0 Å². The smallest absolute Gasteiger partial charge is 0.132 e. The summed E-state index contributed by atoms with van der Waals surface area (Å²) in [7, 11) is 0. The minimum atomic E-state index is -0.287. The molecule has 2 aromatic carbocycles. The van der Waals surface area contributed by atoms with Crippen LogP contribution in [0.4, 0.5) is 4.39 Å². The summed E-state index contributed by atoms with van der Waals surface area (Å²) in [6.45, 7) is 18.2. The topological polar surface area (TPSA) is 0 Å². The molecule has 0 aliphatic heterocycles. The summed E-state index contributed by atoms with van der Waals surface area (Å²) >= 11 is 5.97. The number of hydrogen-bond acceptors (Lipinski definition) is 0. The van der Waals surface area contributed by atoms with E-state index in [1.54, 1.807) is 12.1 Å². The first-order valence-corrected chi connectivity index (χ1v) is 10.9. The van der Waals surface area contributed by atoms with Crippen molar-refractivity contribution in [2.75, 3.05) is 0 Å². The van der Waals surface area contributed by atoms with Crippen LogP contribution in [0.3, 0.4) is 0 Å². The lowest BCUT2D eigenvalue weighted by atomic mass is 9.55. The monoisotopic (exact) mass is 408 g/mol. The SMILES string of the molecule is C=C1C(c2cc(-c3ccc(Cl)cc3F)ccc2C2CC2)C(=C)C(C)(C)CC1(C)C. The first-order valence-electron chi connectivity index (χ1n) is 10.5. The molecule has 2 fully saturated rings. The van der Waals surface area contributed by atoms with Crippen molar-refractivity contribution in [1.29, 1.82) is 0 Å². The van der Waals surface area contributed by atoms with E-state index in [1.807, 2.05) is 6.07 Å². The Morgan fingerprint density at radius 1 is 0.897 bits per heavy atom. The van der Waals surface area contributed by atoms with Crippen molar-refractivity contribution in [1.82, 2.24) is 0 Å². The maximum Gasteiger partial charge on any atom is 0.132 e. The van der Waals surface area contributed by atoms with E-state index in [0.29, 0.717) is 16.5 Å². The summed E-state index contributed by atoms with van der Waals surface area (Å²) in [5.74, 6) is 0.409. The van der Waals surface area contributed by atoms with Gasteiger partial charge >= 0.3 is 0 Å². The molecule has 2 aliphatic rings. The molecule has 0 unspecified atom stereocenters. The quantitative estimate of drug-likeness (QED) is 0.445. The van der Waals surface area contributed by atoms with Crippen LogP contribution in [0, 0.1) is 16.6 Å². The average Bonchev–Trinajstić information content (AvgIpc) is 3.45. The number of halogens is 2. The van der Waals surface area contributed by atoms with Crippen LogP contribution in [0.2, 0.25) is 5.02 Å². The fraction of sp³-hybridized carbons (Fsp3) is 0.407. The molecular weight excluding hydrogens is 379 g/mol. The molecule has 0 amide bonds. The fourth-order valence-corrected chi connectivity index (χ4v) is 5.34. The molecule has 29 heavy (non-hydrogen) atoms. The van der Waals surface area contributed by atoms with Crippen LogP contribution in [0.25, 0.3) is 11.1 Å². The second-order valence-corrected chi connectivity index (χ2v) is 10.6. The third kappa shape index (κ3) is 3.59. The molecule has 2 saturated carbocycles. The molecule has 0 aromatic heterocycles. The number of benzene rings is 2. The molecule has 2 aliphatic carbocycles. The highest BCUT2D eigenvalue weighted by Gasteiger charge is 2.45. The van der Waals surface area contributed by atoms with Crippen LogP contribution < -0.4 is 0 Å². The molecular formula is C27H30ClF. The Balaban J connectivity index is 1.89. The van der Waals surface area contributed by atoms with Crippen LogP contribution in [0.5, 0.6) is 0 Å². The van der Waals surface area contributed by atoms with Gasteiger partial charge in [0.05, 0.1) is 0 Å². The molecule has 0 spiro atoms. The van der Waals surface area contributed by atoms with Crippen molar-refractivity contribution in [2.24, 2.45) is 10.8 Å². The van der Waals surface area contributed by atoms with E-state index >= 15 is 0 Å². The molecule has 0 bridgehead atoms. The van der Waals surface area contributed by atoms with E-state index in [-0.39, 0.29) is 22.6 Å². The molecule has 2 aromatic rings. The van der Waals surface area contributed by atoms with E-state index in [4.69, 9.17) is 11.6 Å². The second-order valence-electron chi connectivity index (χ2n) is 10.2. The highest BCUT2D eigenvalue weighted by Crippen LogP contribution is 2.59. The molecule has 4 rings (SSSR count). The minimum absolute atomic E-state index is 0.0255. The van der Waals surface area contributed by atoms with Crippen molar-refractivity contribution >= 4 is 11.6 Å². The Morgan fingerprint density at radius 2 is 1.52 bits per heavy atom. The zero-order chi connectivity index (χ0) is 21.1. The van der Waals surface area contributed by atoms with Crippen molar-refractivity contribution in [3.05, 3.63) is 82.7 Å². The van der Waals surface area contributed by atoms with Gasteiger partial charge in [-0.2, -0.15) is 0 Å². The van der Waals surface area contributed by atoms with Crippen LogP contribution in [-0.4, -0.2) is 0 Å². The van der Waals surface area contributed by atoms with Gasteiger partial charge in [0.2, 0.25) is 0 Å². The van der Waals surface area contributed by atoms with Crippen LogP contribution in [0.1, 0.15) is 69.9 Å². The zero-order valence-electron chi connectivity index (χ0n) is 17.9. The van der Waals surface area contributed by atoms with E-state index < -0.39 is 0 Å². The van der Waals surface area contributed by atoms with Crippen molar-refractivity contribution in [3.63, 3.8) is 0 Å². The summed E-state index contributed by atoms with van der Waals surface area (Å²) < 4.78 is 14.7. The molecule has 0 N–H and O–H groups in total. The molecule has 0 nitrogen and oxygen atoms in total. The third-order valence-electron chi connectivity index (χ3n) is 6.98. The van der Waals surface area contributed by atoms with E-state index in [1.165, 1.54) is 41.2 Å².